The number of furan rings is 1. The molecular formula is C15H14BrN3O3. The van der Waals surface area contributed by atoms with Crippen LogP contribution in [0.5, 0.6) is 0 Å². The number of nitrogens with zero attached hydrogens (tertiary/aromatic N) is 2. The van der Waals surface area contributed by atoms with E-state index in [0.717, 1.165) is 5.39 Å². The summed E-state index contributed by atoms with van der Waals surface area (Å²) in [6, 6.07) is 7.03. The van der Waals surface area contributed by atoms with Crippen LogP contribution in [0.1, 0.15) is 10.6 Å². The Morgan fingerprint density at radius 3 is 2.77 bits per heavy atom. The highest BCUT2D eigenvalue weighted by molar-refractivity contribution is 9.10. The number of rotatable bonds is 4. The van der Waals surface area contributed by atoms with Crippen molar-refractivity contribution in [3.8, 4) is 0 Å². The van der Waals surface area contributed by atoms with Crippen LogP contribution >= 0.6 is 15.9 Å². The van der Waals surface area contributed by atoms with Crippen LogP contribution in [0.15, 0.2) is 50.5 Å². The maximum absolute atomic E-state index is 12.4. The summed E-state index contributed by atoms with van der Waals surface area (Å²) in [6.45, 7) is 0.737. The Bertz CT molecular complexity index is 891. The third-order valence-electron chi connectivity index (χ3n) is 3.44. The molecule has 0 aromatic carbocycles. The summed E-state index contributed by atoms with van der Waals surface area (Å²) in [5.41, 5.74) is 0.587. The van der Waals surface area contributed by atoms with Crippen LogP contribution in [0, 0.1) is 0 Å². The number of carbonyl (C=O) groups is 1. The number of hydrogen-bond acceptors (Lipinski definition) is 3. The van der Waals surface area contributed by atoms with Gasteiger partial charge in [0.15, 0.2) is 10.4 Å². The number of nitrogens with one attached hydrogen (secondary N) is 1. The molecule has 3 aromatic rings. The van der Waals surface area contributed by atoms with Crippen LogP contribution in [-0.4, -0.2) is 21.6 Å². The molecule has 6 nitrogen and oxygen atoms in total. The van der Waals surface area contributed by atoms with Gasteiger partial charge in [-0.2, -0.15) is 0 Å². The molecule has 7 heteroatoms. The van der Waals surface area contributed by atoms with Crippen molar-refractivity contribution in [3.05, 3.63) is 57.4 Å². The van der Waals surface area contributed by atoms with Gasteiger partial charge in [0.2, 0.25) is 0 Å². The second-order valence-corrected chi connectivity index (χ2v) is 5.69. The molecule has 0 radical (unpaired) electrons. The maximum Gasteiger partial charge on any atom is 0.287 e. The zero-order chi connectivity index (χ0) is 15.7. The molecule has 0 saturated heterocycles. The number of hydrogen-bond donors (Lipinski definition) is 1. The standard InChI is InChI=1S/C15H14BrN3O3/c1-18-7-4-10-5-8-19(15(21)13(10)18)9-6-17-14(20)11-2-3-12(16)22-11/h2-5,7-8H,6,9H2,1H3,(H,17,20). The smallest absolute Gasteiger partial charge is 0.287 e. The molecule has 3 rings (SSSR count). The second kappa shape index (κ2) is 5.84. The predicted octanol–water partition coefficient (Wildman–Crippen LogP) is 2.13. The van der Waals surface area contributed by atoms with Crippen molar-refractivity contribution in [1.82, 2.24) is 14.5 Å². The zero-order valence-electron chi connectivity index (χ0n) is 11.9. The lowest BCUT2D eigenvalue weighted by atomic mass is 10.3. The number of carbonyl (C=O) groups excluding carboxylic acids is 1. The first kappa shape index (κ1) is 14.6. The summed E-state index contributed by atoms with van der Waals surface area (Å²) < 4.78 is 9.05. The Morgan fingerprint density at radius 2 is 2.05 bits per heavy atom. The summed E-state index contributed by atoms with van der Waals surface area (Å²) in [4.78, 5) is 24.2. The SMILES string of the molecule is Cn1ccc2ccn(CCNC(=O)c3ccc(Br)o3)c(=O)c21. The third-order valence-corrected chi connectivity index (χ3v) is 3.86. The van der Waals surface area contributed by atoms with Gasteiger partial charge in [-0.25, -0.2) is 0 Å². The molecule has 0 aliphatic heterocycles. The van der Waals surface area contributed by atoms with Crippen molar-refractivity contribution >= 4 is 32.7 Å². The van der Waals surface area contributed by atoms with E-state index in [2.05, 4.69) is 21.2 Å². The summed E-state index contributed by atoms with van der Waals surface area (Å²) in [5, 5.41) is 3.63. The molecule has 0 fully saturated rings. The molecule has 22 heavy (non-hydrogen) atoms. The van der Waals surface area contributed by atoms with Crippen molar-refractivity contribution < 1.29 is 9.21 Å². The molecule has 0 bridgehead atoms. The van der Waals surface area contributed by atoms with Crippen molar-refractivity contribution in [2.45, 2.75) is 6.54 Å². The van der Waals surface area contributed by atoms with Crippen molar-refractivity contribution in [2.75, 3.05) is 6.54 Å². The first-order chi connectivity index (χ1) is 10.6. The highest BCUT2D eigenvalue weighted by atomic mass is 79.9. The number of aryl methyl sites for hydroxylation is 1. The number of pyridine rings is 1. The zero-order valence-corrected chi connectivity index (χ0v) is 13.5. The van der Waals surface area contributed by atoms with Crippen molar-refractivity contribution in [1.29, 1.82) is 0 Å². The van der Waals surface area contributed by atoms with E-state index in [4.69, 9.17) is 4.42 Å². The minimum absolute atomic E-state index is 0.0695. The van der Waals surface area contributed by atoms with Gasteiger partial charge in [0.25, 0.3) is 11.5 Å². The molecule has 0 atom stereocenters. The van der Waals surface area contributed by atoms with Gasteiger partial charge in [0, 0.05) is 37.9 Å². The summed E-state index contributed by atoms with van der Waals surface area (Å²) in [7, 11) is 1.84. The lowest BCUT2D eigenvalue weighted by Gasteiger charge is -2.07. The van der Waals surface area contributed by atoms with E-state index in [1.807, 2.05) is 25.4 Å². The molecule has 0 unspecified atom stereocenters. The summed E-state index contributed by atoms with van der Waals surface area (Å²) in [5.74, 6) is -0.0733. The summed E-state index contributed by atoms with van der Waals surface area (Å²) >= 11 is 3.15. The van der Waals surface area contributed by atoms with Gasteiger partial charge in [-0.15, -0.1) is 0 Å². The van der Waals surface area contributed by atoms with E-state index in [1.54, 1.807) is 27.5 Å². The van der Waals surface area contributed by atoms with Crippen LogP contribution in [-0.2, 0) is 13.6 Å². The molecular weight excluding hydrogens is 350 g/mol. The Morgan fingerprint density at radius 1 is 1.27 bits per heavy atom. The van der Waals surface area contributed by atoms with Crippen LogP contribution < -0.4 is 10.9 Å². The van der Waals surface area contributed by atoms with Crippen LogP contribution in [0.4, 0.5) is 0 Å². The monoisotopic (exact) mass is 363 g/mol. The normalized spacial score (nSPS) is 11.0. The van der Waals surface area contributed by atoms with Crippen LogP contribution in [0.25, 0.3) is 10.9 Å². The number of halogens is 1. The van der Waals surface area contributed by atoms with E-state index >= 15 is 0 Å². The lowest BCUT2D eigenvalue weighted by Crippen LogP contribution is -2.30. The highest BCUT2D eigenvalue weighted by Crippen LogP contribution is 2.13. The van der Waals surface area contributed by atoms with Gasteiger partial charge < -0.3 is 18.9 Å². The van der Waals surface area contributed by atoms with E-state index in [1.165, 1.54) is 0 Å². The van der Waals surface area contributed by atoms with Gasteiger partial charge in [0.1, 0.15) is 5.52 Å². The third kappa shape index (κ3) is 2.71. The topological polar surface area (TPSA) is 69.2 Å². The second-order valence-electron chi connectivity index (χ2n) is 4.90. The first-order valence-electron chi connectivity index (χ1n) is 6.74. The van der Waals surface area contributed by atoms with Crippen LogP contribution in [0.3, 0.4) is 0 Å². The molecule has 0 aliphatic rings. The first-order valence-corrected chi connectivity index (χ1v) is 7.53. The van der Waals surface area contributed by atoms with Crippen LogP contribution in [0.2, 0.25) is 0 Å². The average Bonchev–Trinajstić information content (AvgIpc) is 3.08. The fourth-order valence-electron chi connectivity index (χ4n) is 2.32. The van der Waals surface area contributed by atoms with Gasteiger partial charge in [-0.05, 0) is 40.2 Å². The quantitative estimate of drug-likeness (QED) is 0.771. The highest BCUT2D eigenvalue weighted by Gasteiger charge is 2.10. The molecule has 3 heterocycles. The Balaban J connectivity index is 1.69. The van der Waals surface area contributed by atoms with Gasteiger partial charge >= 0.3 is 0 Å². The number of aromatic nitrogens is 2. The largest absolute Gasteiger partial charge is 0.444 e. The molecule has 0 spiro atoms. The molecule has 1 N–H and O–H groups in total. The minimum Gasteiger partial charge on any atom is -0.444 e. The average molecular weight is 364 g/mol. The maximum atomic E-state index is 12.4. The predicted molar refractivity (Wildman–Crippen MR) is 85.9 cm³/mol. The fourth-order valence-corrected chi connectivity index (χ4v) is 2.63. The Kier molecular flexibility index (Phi) is 3.89. The molecule has 0 aliphatic carbocycles. The van der Waals surface area contributed by atoms with Gasteiger partial charge in [0.05, 0.1) is 0 Å². The van der Waals surface area contributed by atoms with Crippen molar-refractivity contribution in [3.63, 3.8) is 0 Å². The summed E-state index contributed by atoms with van der Waals surface area (Å²) in [6.07, 6.45) is 3.59. The molecule has 3 aromatic heterocycles. The fraction of sp³-hybridized carbons (Fsp3) is 0.200. The van der Waals surface area contributed by atoms with E-state index < -0.39 is 0 Å². The molecule has 114 valence electrons. The Hall–Kier alpha value is -2.28. The Labute approximate surface area is 134 Å². The van der Waals surface area contributed by atoms with Gasteiger partial charge in [-0.1, -0.05) is 0 Å². The van der Waals surface area contributed by atoms with E-state index in [-0.39, 0.29) is 17.2 Å². The minimum atomic E-state index is -0.307. The molecule has 0 saturated carbocycles. The molecule has 1 amide bonds. The van der Waals surface area contributed by atoms with Gasteiger partial charge in [-0.3, -0.25) is 9.59 Å². The van der Waals surface area contributed by atoms with Crippen molar-refractivity contribution in [2.24, 2.45) is 7.05 Å². The number of amides is 1. The van der Waals surface area contributed by atoms with E-state index in [9.17, 15) is 9.59 Å². The van der Waals surface area contributed by atoms with E-state index in [0.29, 0.717) is 23.3 Å². The number of fused-ring (bicyclic) bond motifs is 1. The lowest BCUT2D eigenvalue weighted by molar-refractivity contribution is 0.0923.